The summed E-state index contributed by atoms with van der Waals surface area (Å²) in [5.41, 5.74) is 4.55. The zero-order valence-electron chi connectivity index (χ0n) is 15.7. The topological polar surface area (TPSA) is 50.2 Å². The van der Waals surface area contributed by atoms with E-state index in [9.17, 15) is 4.79 Å². The molecule has 0 spiro atoms. The second kappa shape index (κ2) is 8.37. The molecule has 1 amide bonds. The first kappa shape index (κ1) is 19.1. The standard InChI is InChI=1S/C21H23ClN4O/c1-15-21(16(2)26(24-15)19-7-5-4-6-8-19)23-20(27)14-25(3)13-17-9-11-18(22)12-10-17/h4-12H,13-14H2,1-3H3,(H,23,27). The summed E-state index contributed by atoms with van der Waals surface area (Å²) in [5.74, 6) is -0.0646. The van der Waals surface area contributed by atoms with E-state index in [1.807, 2.05) is 85.1 Å². The zero-order chi connectivity index (χ0) is 19.4. The molecular weight excluding hydrogens is 360 g/mol. The van der Waals surface area contributed by atoms with Crippen molar-refractivity contribution in [1.29, 1.82) is 0 Å². The lowest BCUT2D eigenvalue weighted by Crippen LogP contribution is -2.30. The highest BCUT2D eigenvalue weighted by atomic mass is 35.5. The molecule has 1 aromatic heterocycles. The Morgan fingerprint density at radius 2 is 1.78 bits per heavy atom. The Balaban J connectivity index is 1.65. The molecule has 1 N–H and O–H groups in total. The molecule has 0 saturated carbocycles. The van der Waals surface area contributed by atoms with Crippen LogP contribution in [0.2, 0.25) is 5.02 Å². The summed E-state index contributed by atoms with van der Waals surface area (Å²) >= 11 is 5.91. The summed E-state index contributed by atoms with van der Waals surface area (Å²) in [7, 11) is 1.92. The van der Waals surface area contributed by atoms with Crippen molar-refractivity contribution < 1.29 is 4.79 Å². The number of para-hydroxylation sites is 1. The number of carbonyl (C=O) groups is 1. The van der Waals surface area contributed by atoms with Crippen LogP contribution in [-0.4, -0.2) is 34.2 Å². The van der Waals surface area contributed by atoms with E-state index in [2.05, 4.69) is 10.4 Å². The largest absolute Gasteiger partial charge is 0.322 e. The molecule has 0 aliphatic carbocycles. The van der Waals surface area contributed by atoms with Gasteiger partial charge in [-0.1, -0.05) is 41.9 Å². The zero-order valence-corrected chi connectivity index (χ0v) is 16.5. The number of hydrogen-bond acceptors (Lipinski definition) is 3. The van der Waals surface area contributed by atoms with Crippen LogP contribution in [0.25, 0.3) is 5.69 Å². The molecule has 0 aliphatic rings. The molecule has 5 nitrogen and oxygen atoms in total. The molecule has 0 fully saturated rings. The number of benzene rings is 2. The van der Waals surface area contributed by atoms with E-state index in [4.69, 9.17) is 11.6 Å². The molecule has 27 heavy (non-hydrogen) atoms. The summed E-state index contributed by atoms with van der Waals surface area (Å²) in [5, 5.41) is 8.28. The number of halogens is 1. The average molecular weight is 383 g/mol. The summed E-state index contributed by atoms with van der Waals surface area (Å²) in [4.78, 5) is 14.5. The lowest BCUT2D eigenvalue weighted by Gasteiger charge is -2.16. The Labute approximate surface area is 164 Å². The average Bonchev–Trinajstić information content (AvgIpc) is 2.92. The predicted molar refractivity (Wildman–Crippen MR) is 109 cm³/mol. The first-order chi connectivity index (χ1) is 12.9. The number of likely N-dealkylation sites (N-methyl/N-ethyl adjacent to an activating group) is 1. The van der Waals surface area contributed by atoms with Crippen LogP contribution in [0.15, 0.2) is 54.6 Å². The normalized spacial score (nSPS) is 11.0. The van der Waals surface area contributed by atoms with Gasteiger partial charge < -0.3 is 5.32 Å². The fraction of sp³-hybridized carbons (Fsp3) is 0.238. The Hall–Kier alpha value is -2.63. The molecule has 0 saturated heterocycles. The van der Waals surface area contributed by atoms with Gasteiger partial charge in [0.1, 0.15) is 0 Å². The van der Waals surface area contributed by atoms with Crippen LogP contribution in [-0.2, 0) is 11.3 Å². The van der Waals surface area contributed by atoms with Crippen LogP contribution < -0.4 is 5.32 Å². The number of amides is 1. The van der Waals surface area contributed by atoms with E-state index in [1.54, 1.807) is 0 Å². The minimum absolute atomic E-state index is 0.0646. The highest BCUT2D eigenvalue weighted by Crippen LogP contribution is 2.22. The Morgan fingerprint density at radius 1 is 1.11 bits per heavy atom. The minimum Gasteiger partial charge on any atom is -0.322 e. The van der Waals surface area contributed by atoms with Crippen LogP contribution in [0.4, 0.5) is 5.69 Å². The van der Waals surface area contributed by atoms with E-state index >= 15 is 0 Å². The van der Waals surface area contributed by atoms with Crippen LogP contribution in [0.3, 0.4) is 0 Å². The van der Waals surface area contributed by atoms with Gasteiger partial charge in [0.05, 0.1) is 29.3 Å². The predicted octanol–water partition coefficient (Wildman–Crippen LogP) is 4.21. The fourth-order valence-corrected chi connectivity index (χ4v) is 3.15. The summed E-state index contributed by atoms with van der Waals surface area (Å²) in [6.07, 6.45) is 0. The summed E-state index contributed by atoms with van der Waals surface area (Å²) in [6, 6.07) is 17.5. The Bertz CT molecular complexity index is 919. The first-order valence-electron chi connectivity index (χ1n) is 8.78. The number of aryl methyl sites for hydroxylation is 1. The minimum atomic E-state index is -0.0646. The van der Waals surface area contributed by atoms with E-state index in [0.717, 1.165) is 28.3 Å². The van der Waals surface area contributed by atoms with Gasteiger partial charge in [-0.05, 0) is 50.7 Å². The highest BCUT2D eigenvalue weighted by molar-refractivity contribution is 6.30. The smallest absolute Gasteiger partial charge is 0.238 e. The second-order valence-corrected chi connectivity index (χ2v) is 7.08. The van der Waals surface area contributed by atoms with Crippen molar-refractivity contribution in [3.8, 4) is 5.69 Å². The quantitative estimate of drug-likeness (QED) is 0.694. The van der Waals surface area contributed by atoms with Gasteiger partial charge in [0.2, 0.25) is 5.91 Å². The van der Waals surface area contributed by atoms with Gasteiger partial charge in [0.15, 0.2) is 0 Å². The molecular formula is C21H23ClN4O. The number of rotatable bonds is 6. The van der Waals surface area contributed by atoms with Crippen molar-refractivity contribution in [2.75, 3.05) is 18.9 Å². The van der Waals surface area contributed by atoms with Gasteiger partial charge in [-0.2, -0.15) is 5.10 Å². The molecule has 0 aliphatic heterocycles. The molecule has 0 radical (unpaired) electrons. The third kappa shape index (κ3) is 4.76. The van der Waals surface area contributed by atoms with Crippen molar-refractivity contribution in [2.24, 2.45) is 0 Å². The van der Waals surface area contributed by atoms with Crippen molar-refractivity contribution in [1.82, 2.24) is 14.7 Å². The van der Waals surface area contributed by atoms with Crippen LogP contribution in [0, 0.1) is 13.8 Å². The molecule has 3 aromatic rings. The van der Waals surface area contributed by atoms with Gasteiger partial charge in [0.25, 0.3) is 0 Å². The third-order valence-electron chi connectivity index (χ3n) is 4.34. The molecule has 1 heterocycles. The monoisotopic (exact) mass is 382 g/mol. The van der Waals surface area contributed by atoms with Crippen LogP contribution >= 0.6 is 11.6 Å². The number of nitrogens with one attached hydrogen (secondary N) is 1. The van der Waals surface area contributed by atoms with E-state index in [-0.39, 0.29) is 12.5 Å². The third-order valence-corrected chi connectivity index (χ3v) is 4.59. The second-order valence-electron chi connectivity index (χ2n) is 6.64. The lowest BCUT2D eigenvalue weighted by molar-refractivity contribution is -0.117. The maximum absolute atomic E-state index is 12.5. The molecule has 6 heteroatoms. The highest BCUT2D eigenvalue weighted by Gasteiger charge is 2.16. The number of hydrogen-bond donors (Lipinski definition) is 1. The van der Waals surface area contributed by atoms with Gasteiger partial charge in [-0.3, -0.25) is 9.69 Å². The summed E-state index contributed by atoms with van der Waals surface area (Å²) in [6.45, 7) is 4.82. The van der Waals surface area contributed by atoms with Gasteiger partial charge in [0, 0.05) is 11.6 Å². The van der Waals surface area contributed by atoms with Crippen LogP contribution in [0.5, 0.6) is 0 Å². The first-order valence-corrected chi connectivity index (χ1v) is 9.16. The SMILES string of the molecule is Cc1nn(-c2ccccc2)c(C)c1NC(=O)CN(C)Cc1ccc(Cl)cc1. The van der Waals surface area contributed by atoms with Gasteiger partial charge in [-0.15, -0.1) is 0 Å². The maximum Gasteiger partial charge on any atom is 0.238 e. The Kier molecular flexibility index (Phi) is 5.94. The van der Waals surface area contributed by atoms with E-state index in [1.165, 1.54) is 0 Å². The molecule has 140 valence electrons. The molecule has 0 atom stereocenters. The fourth-order valence-electron chi connectivity index (χ4n) is 3.03. The number of nitrogens with zero attached hydrogens (tertiary/aromatic N) is 3. The molecule has 3 rings (SSSR count). The number of carbonyl (C=O) groups excluding carboxylic acids is 1. The summed E-state index contributed by atoms with van der Waals surface area (Å²) < 4.78 is 1.85. The number of aromatic nitrogens is 2. The van der Waals surface area contributed by atoms with Crippen LogP contribution in [0.1, 0.15) is 17.0 Å². The van der Waals surface area contributed by atoms with Crippen molar-refractivity contribution in [3.63, 3.8) is 0 Å². The lowest BCUT2D eigenvalue weighted by atomic mass is 10.2. The van der Waals surface area contributed by atoms with Crippen molar-refractivity contribution in [3.05, 3.63) is 76.6 Å². The van der Waals surface area contributed by atoms with Gasteiger partial charge in [-0.25, -0.2) is 4.68 Å². The maximum atomic E-state index is 12.5. The molecule has 0 unspecified atom stereocenters. The van der Waals surface area contributed by atoms with E-state index in [0.29, 0.717) is 11.6 Å². The van der Waals surface area contributed by atoms with Gasteiger partial charge >= 0.3 is 0 Å². The number of anilines is 1. The van der Waals surface area contributed by atoms with Crippen molar-refractivity contribution in [2.45, 2.75) is 20.4 Å². The molecule has 2 aromatic carbocycles. The van der Waals surface area contributed by atoms with E-state index < -0.39 is 0 Å². The van der Waals surface area contributed by atoms with Crippen molar-refractivity contribution >= 4 is 23.2 Å². The molecule has 0 bridgehead atoms. The Morgan fingerprint density at radius 3 is 2.44 bits per heavy atom.